The van der Waals surface area contributed by atoms with Crippen molar-refractivity contribution in [3.05, 3.63) is 66.2 Å². The van der Waals surface area contributed by atoms with Crippen LogP contribution < -0.4 is 0 Å². The molecule has 0 fully saturated rings. The number of nitrogens with zero attached hydrogens (tertiary/aromatic N) is 3. The molecule has 3 aromatic heterocycles. The van der Waals surface area contributed by atoms with Gasteiger partial charge in [0.15, 0.2) is 5.65 Å². The third-order valence-electron chi connectivity index (χ3n) is 3.83. The highest BCUT2D eigenvalue weighted by atomic mass is 19.4. The molecule has 0 bridgehead atoms. The maximum Gasteiger partial charge on any atom is 0.417 e. The molecule has 25 heavy (non-hydrogen) atoms. The molecule has 4 rings (SSSR count). The van der Waals surface area contributed by atoms with Crippen LogP contribution in [-0.2, 0) is 6.18 Å². The number of imidazole rings is 1. The second kappa shape index (κ2) is 5.47. The van der Waals surface area contributed by atoms with Crippen molar-refractivity contribution in [3.63, 3.8) is 0 Å². The highest BCUT2D eigenvalue weighted by molar-refractivity contribution is 5.80. The Balaban J connectivity index is 2.02. The van der Waals surface area contributed by atoms with Crippen molar-refractivity contribution < 1.29 is 17.6 Å². The molecule has 0 N–H and O–H groups in total. The molecule has 7 heteroatoms. The van der Waals surface area contributed by atoms with E-state index in [0.29, 0.717) is 22.9 Å². The summed E-state index contributed by atoms with van der Waals surface area (Å²) in [4.78, 5) is 8.42. The molecule has 0 aliphatic carbocycles. The van der Waals surface area contributed by atoms with Crippen molar-refractivity contribution >= 4 is 11.2 Å². The highest BCUT2D eigenvalue weighted by Gasteiger charge is 2.32. The van der Waals surface area contributed by atoms with Gasteiger partial charge in [0.2, 0.25) is 0 Å². The number of alkyl halides is 3. The number of halogens is 3. The van der Waals surface area contributed by atoms with Crippen LogP contribution in [-0.4, -0.2) is 14.5 Å². The summed E-state index contributed by atoms with van der Waals surface area (Å²) in [7, 11) is 0. The lowest BCUT2D eigenvalue weighted by molar-refractivity contribution is -0.137. The molecule has 0 aliphatic rings. The summed E-state index contributed by atoms with van der Waals surface area (Å²) >= 11 is 0. The molecule has 126 valence electrons. The molecule has 4 aromatic rings. The topological polar surface area (TPSA) is 43.9 Å². The van der Waals surface area contributed by atoms with Gasteiger partial charge >= 0.3 is 6.18 Å². The Morgan fingerprint density at radius 3 is 2.48 bits per heavy atom. The Labute approximate surface area is 140 Å². The number of hydrogen-bond acceptors (Lipinski definition) is 3. The molecule has 0 unspecified atom stereocenters. The van der Waals surface area contributed by atoms with E-state index in [1.165, 1.54) is 6.26 Å². The third-order valence-corrected chi connectivity index (χ3v) is 3.83. The Kier molecular flexibility index (Phi) is 3.38. The van der Waals surface area contributed by atoms with Gasteiger partial charge in [0.1, 0.15) is 23.4 Å². The largest absolute Gasteiger partial charge is 0.467 e. The molecule has 4 nitrogen and oxygen atoms in total. The van der Waals surface area contributed by atoms with Gasteiger partial charge in [-0.2, -0.15) is 13.2 Å². The maximum atomic E-state index is 13.0. The second-order valence-corrected chi connectivity index (χ2v) is 5.62. The molecular weight excluding hydrogens is 331 g/mol. The fourth-order valence-corrected chi connectivity index (χ4v) is 2.69. The fourth-order valence-electron chi connectivity index (χ4n) is 2.69. The lowest BCUT2D eigenvalue weighted by Crippen LogP contribution is -2.05. The zero-order valence-corrected chi connectivity index (χ0v) is 13.1. The van der Waals surface area contributed by atoms with E-state index < -0.39 is 11.7 Å². The van der Waals surface area contributed by atoms with Gasteiger partial charge in [-0.3, -0.25) is 4.57 Å². The first-order valence-corrected chi connectivity index (χ1v) is 7.50. The van der Waals surface area contributed by atoms with E-state index in [4.69, 9.17) is 4.42 Å². The summed E-state index contributed by atoms with van der Waals surface area (Å²) in [6.07, 6.45) is -2.12. The van der Waals surface area contributed by atoms with Crippen LogP contribution in [0.3, 0.4) is 0 Å². The van der Waals surface area contributed by atoms with Gasteiger partial charge in [-0.05, 0) is 13.0 Å². The standard InChI is InChI=1S/C18H12F3N3O/c1-11-7-14(10-25-11)24-16(12-5-3-2-4-6-12)23-15-8-13(18(19,20)21)9-22-17(15)24/h2-10H,1H3. The number of aryl methyl sites for hydroxylation is 1. The van der Waals surface area contributed by atoms with Crippen LogP contribution in [0.25, 0.3) is 28.2 Å². The van der Waals surface area contributed by atoms with E-state index >= 15 is 0 Å². The predicted molar refractivity (Wildman–Crippen MR) is 86.3 cm³/mol. The number of aromatic nitrogens is 3. The van der Waals surface area contributed by atoms with Crippen LogP contribution >= 0.6 is 0 Å². The average molecular weight is 343 g/mol. The van der Waals surface area contributed by atoms with Crippen LogP contribution in [0.5, 0.6) is 0 Å². The molecular formula is C18H12F3N3O. The molecule has 0 radical (unpaired) electrons. The fraction of sp³-hybridized carbons (Fsp3) is 0.111. The summed E-state index contributed by atoms with van der Waals surface area (Å²) in [5.41, 5.74) is 1.12. The van der Waals surface area contributed by atoms with Crippen molar-refractivity contribution in [2.24, 2.45) is 0 Å². The van der Waals surface area contributed by atoms with Crippen molar-refractivity contribution in [2.75, 3.05) is 0 Å². The third kappa shape index (κ3) is 2.67. The van der Waals surface area contributed by atoms with Gasteiger partial charge in [0, 0.05) is 17.8 Å². The van der Waals surface area contributed by atoms with Crippen molar-refractivity contribution in [3.8, 4) is 17.1 Å². The molecule has 0 aliphatic heterocycles. The lowest BCUT2D eigenvalue weighted by Gasteiger charge is -2.07. The number of pyridine rings is 1. The molecule has 0 saturated carbocycles. The Morgan fingerprint density at radius 1 is 1.08 bits per heavy atom. The lowest BCUT2D eigenvalue weighted by atomic mass is 10.2. The number of fused-ring (bicyclic) bond motifs is 1. The Hall–Kier alpha value is -3.09. The van der Waals surface area contributed by atoms with Gasteiger partial charge < -0.3 is 4.42 Å². The van der Waals surface area contributed by atoms with E-state index in [9.17, 15) is 13.2 Å². The van der Waals surface area contributed by atoms with Gasteiger partial charge in [0.25, 0.3) is 0 Å². The van der Waals surface area contributed by atoms with Crippen molar-refractivity contribution in [2.45, 2.75) is 13.1 Å². The molecule has 0 saturated heterocycles. The minimum atomic E-state index is -4.47. The number of benzene rings is 1. The van der Waals surface area contributed by atoms with E-state index in [2.05, 4.69) is 9.97 Å². The van der Waals surface area contributed by atoms with E-state index in [1.54, 1.807) is 17.6 Å². The maximum absolute atomic E-state index is 13.0. The van der Waals surface area contributed by atoms with Gasteiger partial charge in [-0.15, -0.1) is 0 Å². The normalized spacial score (nSPS) is 12.0. The summed E-state index contributed by atoms with van der Waals surface area (Å²) in [6.45, 7) is 1.79. The minimum Gasteiger partial charge on any atom is -0.467 e. The summed E-state index contributed by atoms with van der Waals surface area (Å²) in [6, 6.07) is 12.0. The number of hydrogen-bond donors (Lipinski definition) is 0. The number of rotatable bonds is 2. The molecule has 3 heterocycles. The summed E-state index contributed by atoms with van der Waals surface area (Å²) in [5, 5.41) is 0. The molecule has 0 atom stereocenters. The van der Waals surface area contributed by atoms with Crippen LogP contribution in [0, 0.1) is 6.92 Å². The smallest absolute Gasteiger partial charge is 0.417 e. The SMILES string of the molecule is Cc1cc(-n2c(-c3ccccc3)nc3cc(C(F)(F)F)cnc32)co1. The van der Waals surface area contributed by atoms with Crippen LogP contribution in [0.2, 0.25) is 0 Å². The van der Waals surface area contributed by atoms with Crippen molar-refractivity contribution in [1.82, 2.24) is 14.5 Å². The molecule has 0 spiro atoms. The molecule has 1 aromatic carbocycles. The first-order valence-electron chi connectivity index (χ1n) is 7.50. The van der Waals surface area contributed by atoms with Crippen LogP contribution in [0.15, 0.2) is 59.3 Å². The van der Waals surface area contributed by atoms with E-state index in [-0.39, 0.29) is 5.52 Å². The highest BCUT2D eigenvalue weighted by Crippen LogP contribution is 2.33. The zero-order valence-electron chi connectivity index (χ0n) is 13.1. The summed E-state index contributed by atoms with van der Waals surface area (Å²) < 4.78 is 46.0. The molecule has 0 amide bonds. The van der Waals surface area contributed by atoms with Crippen molar-refractivity contribution in [1.29, 1.82) is 0 Å². The van der Waals surface area contributed by atoms with Crippen LogP contribution in [0.1, 0.15) is 11.3 Å². The van der Waals surface area contributed by atoms with E-state index in [0.717, 1.165) is 17.8 Å². The average Bonchev–Trinajstić information content (AvgIpc) is 3.17. The first kappa shape index (κ1) is 15.4. The van der Waals surface area contributed by atoms with Gasteiger partial charge in [-0.25, -0.2) is 9.97 Å². The Morgan fingerprint density at radius 2 is 1.84 bits per heavy atom. The van der Waals surface area contributed by atoms with Gasteiger partial charge in [-0.1, -0.05) is 30.3 Å². The quantitative estimate of drug-likeness (QED) is 0.514. The Bertz CT molecular complexity index is 1050. The van der Waals surface area contributed by atoms with Crippen LogP contribution in [0.4, 0.5) is 13.2 Å². The predicted octanol–water partition coefficient (Wildman–Crippen LogP) is 5.01. The zero-order chi connectivity index (χ0) is 17.6. The minimum absolute atomic E-state index is 0.174. The monoisotopic (exact) mass is 343 g/mol. The summed E-state index contributed by atoms with van der Waals surface area (Å²) in [5.74, 6) is 1.19. The second-order valence-electron chi connectivity index (χ2n) is 5.62. The van der Waals surface area contributed by atoms with Gasteiger partial charge in [0.05, 0.1) is 11.3 Å². The first-order chi connectivity index (χ1) is 11.9. The van der Waals surface area contributed by atoms with E-state index in [1.807, 2.05) is 30.3 Å². The number of furan rings is 1.